The second-order valence-corrected chi connectivity index (χ2v) is 26.7. The third-order valence-electron chi connectivity index (χ3n) is 19.2. The lowest BCUT2D eigenvalue weighted by Crippen LogP contribution is -2.61. The van der Waals surface area contributed by atoms with Gasteiger partial charge in [-0.05, 0) is 213 Å². The zero-order valence-electron chi connectivity index (χ0n) is 46.0. The number of hydrogen-bond acceptors (Lipinski definition) is 4. The Hall–Kier alpha value is -6.85. The van der Waals surface area contributed by atoms with Crippen molar-refractivity contribution in [2.24, 2.45) is 10.8 Å². The number of anilines is 8. The summed E-state index contributed by atoms with van der Waals surface area (Å²) in [5.74, 6) is 0. The van der Waals surface area contributed by atoms with E-state index in [1.54, 1.807) is 0 Å². The van der Waals surface area contributed by atoms with Crippen LogP contribution < -0.4 is 31.1 Å². The molecular weight excluding hydrogens is 908 g/mol. The normalized spacial score (nSPS) is 21.3. The second-order valence-electron chi connectivity index (χ2n) is 26.7. The monoisotopic (exact) mass is 979 g/mol. The predicted octanol–water partition coefficient (Wildman–Crippen LogP) is 16.1. The van der Waals surface area contributed by atoms with E-state index in [9.17, 15) is 0 Å². The molecular formula is C70H71BN4. The topological polar surface area (TPSA) is 22.6 Å². The lowest BCUT2D eigenvalue weighted by molar-refractivity contribution is 0.195. The fourth-order valence-corrected chi connectivity index (χ4v) is 15.4. The standard InChI is InChI=1S/C70H71BN4/c1-44-31-63-65-64(32-44)74(59-27-22-52(66(2,3)4)37-55(59)45-17-12-11-13-18-45)62-38-54(75-60-26-21-46(48-19-16-30-72-43-48)34-56(60)69(9)28-14-15-29-70(69,75)10)24-25-57(62)71(65)58-35-50-41-68(7,8)42-51(50)36-61(58)73(63)53-23-20-47-39-67(5,6)40-49(47)33-53/h11-13,16-27,30-38,43H,14-15,28-29,39-42H2,1-10H3. The van der Waals surface area contributed by atoms with Crippen LogP contribution in [0.3, 0.4) is 0 Å². The van der Waals surface area contributed by atoms with Gasteiger partial charge in [-0.3, -0.25) is 4.98 Å². The maximum Gasteiger partial charge on any atom is 0.252 e. The molecule has 8 aromatic rings. The van der Waals surface area contributed by atoms with Crippen LogP contribution in [0.1, 0.15) is 127 Å². The Morgan fingerprint density at radius 2 is 1.17 bits per heavy atom. The van der Waals surface area contributed by atoms with E-state index in [0.717, 1.165) is 38.5 Å². The van der Waals surface area contributed by atoms with Gasteiger partial charge in [0.1, 0.15) is 0 Å². The van der Waals surface area contributed by atoms with Crippen molar-refractivity contribution in [3.8, 4) is 22.3 Å². The van der Waals surface area contributed by atoms with Gasteiger partial charge in [0.05, 0.1) is 11.2 Å². The summed E-state index contributed by atoms with van der Waals surface area (Å²) in [6.45, 7) is 24.3. The molecule has 0 N–H and O–H groups in total. The average molecular weight is 979 g/mol. The largest absolute Gasteiger partial charge is 0.334 e. The average Bonchev–Trinajstić information content (AvgIpc) is 3.95. The molecule has 0 radical (unpaired) electrons. The molecule has 5 heteroatoms. The smallest absolute Gasteiger partial charge is 0.252 e. The van der Waals surface area contributed by atoms with Gasteiger partial charge in [0.2, 0.25) is 0 Å². The molecule has 0 bridgehead atoms. The Morgan fingerprint density at radius 3 is 1.92 bits per heavy atom. The molecule has 0 amide bonds. The van der Waals surface area contributed by atoms with Gasteiger partial charge in [0.15, 0.2) is 0 Å². The van der Waals surface area contributed by atoms with Crippen LogP contribution in [0.5, 0.6) is 0 Å². The van der Waals surface area contributed by atoms with Crippen molar-refractivity contribution in [3.05, 3.63) is 191 Å². The Labute approximate surface area is 447 Å². The number of pyridine rings is 1. The highest BCUT2D eigenvalue weighted by Crippen LogP contribution is 2.62. The molecule has 75 heavy (non-hydrogen) atoms. The van der Waals surface area contributed by atoms with E-state index in [1.807, 2.05) is 12.4 Å². The summed E-state index contributed by atoms with van der Waals surface area (Å²) < 4.78 is 0. The van der Waals surface area contributed by atoms with Crippen molar-refractivity contribution in [3.63, 3.8) is 0 Å². The van der Waals surface area contributed by atoms with E-state index in [1.165, 1.54) is 136 Å². The summed E-state index contributed by atoms with van der Waals surface area (Å²) in [5, 5.41) is 0. The molecule has 4 heterocycles. The summed E-state index contributed by atoms with van der Waals surface area (Å²) in [6.07, 6.45) is 13.1. The first-order valence-electron chi connectivity index (χ1n) is 28.1. The number of aromatic nitrogens is 1. The molecule has 2 unspecified atom stereocenters. The van der Waals surface area contributed by atoms with Crippen molar-refractivity contribution in [1.29, 1.82) is 0 Å². The number of nitrogens with zero attached hydrogens (tertiary/aromatic N) is 4. The molecule has 7 aromatic carbocycles. The van der Waals surface area contributed by atoms with Crippen molar-refractivity contribution in [2.75, 3.05) is 14.7 Å². The fourth-order valence-electron chi connectivity index (χ4n) is 15.4. The van der Waals surface area contributed by atoms with Crippen molar-refractivity contribution >= 4 is 68.6 Å². The van der Waals surface area contributed by atoms with E-state index in [4.69, 9.17) is 0 Å². The first kappa shape index (κ1) is 46.7. The van der Waals surface area contributed by atoms with Gasteiger partial charge in [-0.2, -0.15) is 0 Å². The summed E-state index contributed by atoms with van der Waals surface area (Å²) in [4.78, 5) is 12.7. The summed E-state index contributed by atoms with van der Waals surface area (Å²) in [6, 6.07) is 55.5. The maximum absolute atomic E-state index is 4.54. The fraction of sp³-hybridized carbons (Fsp3) is 0.329. The quantitative estimate of drug-likeness (QED) is 0.160. The number of rotatable bonds is 5. The van der Waals surface area contributed by atoms with Crippen LogP contribution in [-0.2, 0) is 36.5 Å². The van der Waals surface area contributed by atoms with Crippen LogP contribution in [0.25, 0.3) is 22.3 Å². The Bertz CT molecular complexity index is 3680. The molecule has 14 rings (SSSR count). The zero-order valence-corrected chi connectivity index (χ0v) is 46.0. The highest BCUT2D eigenvalue weighted by molar-refractivity contribution is 7.00. The van der Waals surface area contributed by atoms with E-state index in [-0.39, 0.29) is 33.9 Å². The molecule has 0 spiro atoms. The van der Waals surface area contributed by atoms with Gasteiger partial charge in [0, 0.05) is 63.2 Å². The minimum Gasteiger partial charge on any atom is -0.334 e. The summed E-state index contributed by atoms with van der Waals surface area (Å²) in [5.41, 5.74) is 29.7. The van der Waals surface area contributed by atoms with Crippen molar-refractivity contribution in [1.82, 2.24) is 4.98 Å². The SMILES string of the molecule is Cc1cc2c3c(c1)N(c1ccc(C(C)(C)C)cc1-c1ccccc1)c1cc(N4c5ccc(-c6cccnc6)cc5C5(C)CCCCC45C)ccc1B3c1cc3c(cc1N2c1ccc2c(c1)CC(C)(C)C2)CC(C)(C)C3. The lowest BCUT2D eigenvalue weighted by Gasteiger charge is -2.50. The number of benzene rings is 7. The molecule has 374 valence electrons. The van der Waals surface area contributed by atoms with E-state index >= 15 is 0 Å². The molecule has 1 saturated carbocycles. The van der Waals surface area contributed by atoms with Crippen LogP contribution in [-0.4, -0.2) is 17.2 Å². The maximum atomic E-state index is 4.54. The molecule has 3 aliphatic heterocycles. The van der Waals surface area contributed by atoms with Crippen LogP contribution in [0.2, 0.25) is 0 Å². The molecule has 3 aliphatic carbocycles. The second kappa shape index (κ2) is 16.1. The van der Waals surface area contributed by atoms with Crippen molar-refractivity contribution < 1.29 is 0 Å². The zero-order chi connectivity index (χ0) is 51.6. The van der Waals surface area contributed by atoms with Crippen LogP contribution >= 0.6 is 0 Å². The molecule has 4 nitrogen and oxygen atoms in total. The molecule has 1 aromatic heterocycles. The highest BCUT2D eigenvalue weighted by Gasteiger charge is 2.58. The molecule has 0 saturated heterocycles. The van der Waals surface area contributed by atoms with Crippen LogP contribution in [0.4, 0.5) is 45.5 Å². The highest BCUT2D eigenvalue weighted by atomic mass is 15.3. The number of fused-ring (bicyclic) bond motifs is 9. The summed E-state index contributed by atoms with van der Waals surface area (Å²) >= 11 is 0. The molecule has 2 atom stereocenters. The Balaban J connectivity index is 1.05. The van der Waals surface area contributed by atoms with Gasteiger partial charge < -0.3 is 14.7 Å². The molecule has 1 fully saturated rings. The first-order valence-corrected chi connectivity index (χ1v) is 28.1. The Morgan fingerprint density at radius 1 is 0.507 bits per heavy atom. The van der Waals surface area contributed by atoms with Gasteiger partial charge in [-0.1, -0.05) is 135 Å². The van der Waals surface area contributed by atoms with Gasteiger partial charge >= 0.3 is 0 Å². The third kappa shape index (κ3) is 7.05. The first-order chi connectivity index (χ1) is 35.9. The minimum absolute atomic E-state index is 0.0296. The Kier molecular flexibility index (Phi) is 10.0. The van der Waals surface area contributed by atoms with Gasteiger partial charge in [-0.25, -0.2) is 0 Å². The van der Waals surface area contributed by atoms with E-state index < -0.39 is 0 Å². The van der Waals surface area contributed by atoms with Crippen LogP contribution in [0.15, 0.2) is 152 Å². The van der Waals surface area contributed by atoms with Crippen LogP contribution in [0, 0.1) is 17.8 Å². The van der Waals surface area contributed by atoms with Gasteiger partial charge in [0.25, 0.3) is 6.71 Å². The predicted molar refractivity (Wildman–Crippen MR) is 318 cm³/mol. The number of aryl methyl sites for hydroxylation is 1. The minimum atomic E-state index is -0.129. The third-order valence-corrected chi connectivity index (χ3v) is 19.2. The van der Waals surface area contributed by atoms with E-state index in [0.29, 0.717) is 0 Å². The number of hydrogen-bond donors (Lipinski definition) is 0. The van der Waals surface area contributed by atoms with Gasteiger partial charge in [-0.15, -0.1) is 0 Å². The van der Waals surface area contributed by atoms with E-state index in [2.05, 4.69) is 228 Å². The summed E-state index contributed by atoms with van der Waals surface area (Å²) in [7, 11) is 0. The van der Waals surface area contributed by atoms with Crippen molar-refractivity contribution in [2.45, 2.75) is 137 Å². The molecule has 6 aliphatic rings. The lowest BCUT2D eigenvalue weighted by atomic mass is 9.33.